The molecule has 1 heterocycles. The Hall–Kier alpha value is -1.42. The lowest BCUT2D eigenvalue weighted by Crippen LogP contribution is -2.26. The molecule has 2 aliphatic rings. The maximum absolute atomic E-state index is 12.5. The molecule has 3 N–H and O–H groups in total. The molecule has 1 aliphatic heterocycles. The largest absolute Gasteiger partial charge is 0.393 e. The third kappa shape index (κ3) is 2.57. The number of nitrogens with one attached hydrogen (secondary N) is 1. The Morgan fingerprint density at radius 1 is 1.25 bits per heavy atom. The summed E-state index contributed by atoms with van der Waals surface area (Å²) in [5.41, 5.74) is 8.94. The lowest BCUT2D eigenvalue weighted by atomic mass is 9.83. The highest BCUT2D eigenvalue weighted by Gasteiger charge is 2.39. The molecular formula is C16H20N2OS. The van der Waals surface area contributed by atoms with Gasteiger partial charge in [-0.05, 0) is 31.9 Å². The third-order valence-electron chi connectivity index (χ3n) is 4.17. The first kappa shape index (κ1) is 13.6. The SMILES string of the molecule is Cc1ccc(NC(=O)C2=C(N)SC3CCCCC23)cc1. The second-order valence-corrected chi connectivity index (χ2v) is 6.93. The summed E-state index contributed by atoms with van der Waals surface area (Å²) >= 11 is 1.70. The van der Waals surface area contributed by atoms with Crippen LogP contribution in [0.5, 0.6) is 0 Å². The number of fused-ring (bicyclic) bond motifs is 1. The van der Waals surface area contributed by atoms with E-state index >= 15 is 0 Å². The van der Waals surface area contributed by atoms with Gasteiger partial charge in [-0.3, -0.25) is 4.79 Å². The van der Waals surface area contributed by atoms with Crippen molar-refractivity contribution >= 4 is 23.4 Å². The van der Waals surface area contributed by atoms with E-state index in [0.717, 1.165) is 22.7 Å². The van der Waals surface area contributed by atoms with E-state index in [1.807, 2.05) is 31.2 Å². The van der Waals surface area contributed by atoms with Gasteiger partial charge in [0.2, 0.25) is 0 Å². The van der Waals surface area contributed by atoms with Crippen LogP contribution in [-0.2, 0) is 4.79 Å². The minimum Gasteiger partial charge on any atom is -0.393 e. The molecule has 106 valence electrons. The fourth-order valence-corrected chi connectivity index (χ4v) is 4.51. The van der Waals surface area contributed by atoms with Gasteiger partial charge in [-0.25, -0.2) is 0 Å². The topological polar surface area (TPSA) is 55.1 Å². The Balaban J connectivity index is 1.76. The molecule has 2 atom stereocenters. The standard InChI is InChI=1S/C16H20N2OS/c1-10-6-8-11(9-7-10)18-16(19)14-12-4-2-3-5-13(12)20-15(14)17/h6-9,12-13H,2-5,17H2,1H3,(H,18,19). The molecule has 1 fully saturated rings. The summed E-state index contributed by atoms with van der Waals surface area (Å²) in [5, 5.41) is 4.23. The molecule has 2 unspecified atom stereocenters. The lowest BCUT2D eigenvalue weighted by molar-refractivity contribution is -0.113. The average molecular weight is 288 g/mol. The number of benzene rings is 1. The van der Waals surface area contributed by atoms with Gasteiger partial charge in [0.1, 0.15) is 0 Å². The van der Waals surface area contributed by atoms with Crippen LogP contribution in [0.25, 0.3) is 0 Å². The minimum absolute atomic E-state index is 0.0201. The van der Waals surface area contributed by atoms with Crippen LogP contribution in [-0.4, -0.2) is 11.2 Å². The molecule has 1 aromatic rings. The first-order chi connectivity index (χ1) is 9.65. The first-order valence-electron chi connectivity index (χ1n) is 7.19. The van der Waals surface area contributed by atoms with Crippen molar-refractivity contribution in [1.82, 2.24) is 0 Å². The first-order valence-corrected chi connectivity index (χ1v) is 8.07. The molecule has 0 radical (unpaired) electrons. The molecule has 1 saturated carbocycles. The van der Waals surface area contributed by atoms with Gasteiger partial charge in [0, 0.05) is 16.9 Å². The molecule has 3 nitrogen and oxygen atoms in total. The number of carbonyl (C=O) groups excluding carboxylic acids is 1. The summed E-state index contributed by atoms with van der Waals surface area (Å²) in [7, 11) is 0. The van der Waals surface area contributed by atoms with E-state index in [2.05, 4.69) is 5.32 Å². The molecule has 0 aromatic heterocycles. The van der Waals surface area contributed by atoms with Crippen LogP contribution < -0.4 is 11.1 Å². The fraction of sp³-hybridized carbons (Fsp3) is 0.438. The van der Waals surface area contributed by atoms with Gasteiger partial charge < -0.3 is 11.1 Å². The Morgan fingerprint density at radius 3 is 2.70 bits per heavy atom. The smallest absolute Gasteiger partial charge is 0.254 e. The average Bonchev–Trinajstić information content (AvgIpc) is 2.77. The fourth-order valence-electron chi connectivity index (χ4n) is 3.09. The highest BCUT2D eigenvalue weighted by molar-refractivity contribution is 8.03. The molecule has 20 heavy (non-hydrogen) atoms. The van der Waals surface area contributed by atoms with Crippen molar-refractivity contribution in [3.63, 3.8) is 0 Å². The Kier molecular flexibility index (Phi) is 3.74. The van der Waals surface area contributed by atoms with Crippen molar-refractivity contribution in [1.29, 1.82) is 0 Å². The van der Waals surface area contributed by atoms with Gasteiger partial charge in [0.25, 0.3) is 5.91 Å². The van der Waals surface area contributed by atoms with E-state index in [0.29, 0.717) is 11.2 Å². The van der Waals surface area contributed by atoms with Crippen LogP contribution in [0, 0.1) is 12.8 Å². The van der Waals surface area contributed by atoms with Crippen molar-refractivity contribution in [2.75, 3.05) is 5.32 Å². The molecule has 1 aromatic carbocycles. The third-order valence-corrected chi connectivity index (χ3v) is 5.51. The molecule has 4 heteroatoms. The van der Waals surface area contributed by atoms with Gasteiger partial charge in [0.05, 0.1) is 10.6 Å². The number of carbonyl (C=O) groups is 1. The zero-order valence-corrected chi connectivity index (χ0v) is 12.5. The van der Waals surface area contributed by atoms with E-state index in [1.54, 1.807) is 11.8 Å². The van der Waals surface area contributed by atoms with Crippen LogP contribution in [0.1, 0.15) is 31.2 Å². The van der Waals surface area contributed by atoms with Crippen LogP contribution in [0.3, 0.4) is 0 Å². The molecule has 3 rings (SSSR count). The highest BCUT2D eigenvalue weighted by Crippen LogP contribution is 2.47. The zero-order valence-electron chi connectivity index (χ0n) is 11.7. The van der Waals surface area contributed by atoms with Gasteiger partial charge in [-0.2, -0.15) is 0 Å². The predicted octanol–water partition coefficient (Wildman–Crippen LogP) is 3.41. The van der Waals surface area contributed by atoms with E-state index in [4.69, 9.17) is 5.73 Å². The van der Waals surface area contributed by atoms with E-state index < -0.39 is 0 Å². The number of rotatable bonds is 2. The van der Waals surface area contributed by atoms with Crippen LogP contribution in [0.2, 0.25) is 0 Å². The zero-order chi connectivity index (χ0) is 14.1. The van der Waals surface area contributed by atoms with E-state index in [1.165, 1.54) is 24.8 Å². The van der Waals surface area contributed by atoms with Crippen molar-refractivity contribution in [2.45, 2.75) is 37.9 Å². The highest BCUT2D eigenvalue weighted by atomic mass is 32.2. The summed E-state index contributed by atoms with van der Waals surface area (Å²) in [6, 6.07) is 7.87. The molecule has 0 saturated heterocycles. The Labute approximate surface area is 124 Å². The molecule has 0 spiro atoms. The summed E-state index contributed by atoms with van der Waals surface area (Å²) in [5.74, 6) is 0.326. The number of thioether (sulfide) groups is 1. The lowest BCUT2D eigenvalue weighted by Gasteiger charge is -2.25. The van der Waals surface area contributed by atoms with Crippen molar-refractivity contribution < 1.29 is 4.79 Å². The molecule has 0 bridgehead atoms. The molecule has 1 amide bonds. The van der Waals surface area contributed by atoms with Gasteiger partial charge in [0.15, 0.2) is 0 Å². The van der Waals surface area contributed by atoms with Crippen LogP contribution >= 0.6 is 11.8 Å². The Morgan fingerprint density at radius 2 is 1.95 bits per heavy atom. The van der Waals surface area contributed by atoms with Gasteiger partial charge in [-0.15, -0.1) is 11.8 Å². The van der Waals surface area contributed by atoms with E-state index in [-0.39, 0.29) is 5.91 Å². The Bertz CT molecular complexity index is 550. The quantitative estimate of drug-likeness (QED) is 0.877. The van der Waals surface area contributed by atoms with Crippen LogP contribution in [0.4, 0.5) is 5.69 Å². The van der Waals surface area contributed by atoms with Gasteiger partial charge >= 0.3 is 0 Å². The number of nitrogens with two attached hydrogens (primary N) is 1. The second-order valence-electron chi connectivity index (χ2n) is 5.65. The van der Waals surface area contributed by atoms with Crippen LogP contribution in [0.15, 0.2) is 34.9 Å². The number of hydrogen-bond acceptors (Lipinski definition) is 3. The van der Waals surface area contributed by atoms with E-state index in [9.17, 15) is 4.79 Å². The summed E-state index contributed by atoms with van der Waals surface area (Å²) in [6.07, 6.45) is 4.73. The minimum atomic E-state index is -0.0201. The second kappa shape index (κ2) is 5.52. The predicted molar refractivity (Wildman–Crippen MR) is 84.4 cm³/mol. The van der Waals surface area contributed by atoms with Crippen molar-refractivity contribution in [2.24, 2.45) is 11.7 Å². The number of aryl methyl sites for hydroxylation is 1. The van der Waals surface area contributed by atoms with Crippen molar-refractivity contribution in [3.05, 3.63) is 40.4 Å². The summed E-state index contributed by atoms with van der Waals surface area (Å²) in [4.78, 5) is 12.5. The molecular weight excluding hydrogens is 268 g/mol. The summed E-state index contributed by atoms with van der Waals surface area (Å²) < 4.78 is 0. The van der Waals surface area contributed by atoms with Gasteiger partial charge in [-0.1, -0.05) is 30.5 Å². The maximum Gasteiger partial charge on any atom is 0.254 e. The monoisotopic (exact) mass is 288 g/mol. The maximum atomic E-state index is 12.5. The normalized spacial score (nSPS) is 25.4. The number of anilines is 1. The number of hydrogen-bond donors (Lipinski definition) is 2. The number of amides is 1. The molecule has 1 aliphatic carbocycles. The summed E-state index contributed by atoms with van der Waals surface area (Å²) in [6.45, 7) is 2.03. The van der Waals surface area contributed by atoms with Crippen molar-refractivity contribution in [3.8, 4) is 0 Å².